The molecule has 6 nitrogen and oxygen atoms in total. The van der Waals surface area contributed by atoms with Crippen molar-refractivity contribution in [3.63, 3.8) is 0 Å². The summed E-state index contributed by atoms with van der Waals surface area (Å²) in [7, 11) is 1.75. The van der Waals surface area contributed by atoms with Gasteiger partial charge >= 0.3 is 0 Å². The predicted molar refractivity (Wildman–Crippen MR) is 100 cm³/mol. The Morgan fingerprint density at radius 1 is 1.27 bits per heavy atom. The van der Waals surface area contributed by atoms with Crippen molar-refractivity contribution in [2.75, 3.05) is 26.7 Å². The van der Waals surface area contributed by atoms with Crippen LogP contribution in [-0.4, -0.2) is 38.5 Å². The number of carbonyl (C=O) groups is 1. The highest BCUT2D eigenvalue weighted by molar-refractivity contribution is 14.0. The normalized spacial score (nSPS) is 11.0. The van der Waals surface area contributed by atoms with E-state index in [-0.39, 0.29) is 29.9 Å². The molecule has 7 heteroatoms. The van der Waals surface area contributed by atoms with E-state index < -0.39 is 0 Å². The Hall–Kier alpha value is -1.25. The molecule has 0 aliphatic rings. The van der Waals surface area contributed by atoms with Gasteiger partial charge in [-0.1, -0.05) is 13.8 Å². The van der Waals surface area contributed by atoms with Crippen LogP contribution in [0, 0.1) is 12.8 Å². The molecular weight excluding hydrogens is 395 g/mol. The summed E-state index contributed by atoms with van der Waals surface area (Å²) in [6.45, 7) is 8.36. The first-order valence-electron chi connectivity index (χ1n) is 7.31. The number of nitrogens with one attached hydrogen (secondary N) is 3. The molecule has 0 aliphatic heterocycles. The molecule has 1 amide bonds. The average Bonchev–Trinajstić information content (AvgIpc) is 2.87. The fourth-order valence-corrected chi connectivity index (χ4v) is 1.70. The van der Waals surface area contributed by atoms with Gasteiger partial charge in [-0.2, -0.15) is 0 Å². The summed E-state index contributed by atoms with van der Waals surface area (Å²) >= 11 is 0. The molecule has 0 aromatic carbocycles. The highest BCUT2D eigenvalue weighted by Crippen LogP contribution is 2.07. The quantitative estimate of drug-likeness (QED) is 0.272. The molecule has 1 aromatic heterocycles. The van der Waals surface area contributed by atoms with Crippen LogP contribution in [0.15, 0.2) is 21.7 Å². The zero-order valence-corrected chi connectivity index (χ0v) is 16.1. The van der Waals surface area contributed by atoms with E-state index in [1.165, 1.54) is 6.26 Å². The van der Waals surface area contributed by atoms with Crippen molar-refractivity contribution in [3.05, 3.63) is 23.7 Å². The molecular formula is C15H27IN4O2. The number of halogens is 1. The van der Waals surface area contributed by atoms with Gasteiger partial charge < -0.3 is 20.4 Å². The first kappa shape index (κ1) is 20.8. The van der Waals surface area contributed by atoms with E-state index in [4.69, 9.17) is 4.42 Å². The molecule has 0 atom stereocenters. The largest absolute Gasteiger partial charge is 0.459 e. The molecule has 1 rings (SSSR count). The van der Waals surface area contributed by atoms with Gasteiger partial charge in [0.25, 0.3) is 5.91 Å². The van der Waals surface area contributed by atoms with Crippen molar-refractivity contribution in [1.82, 2.24) is 16.0 Å². The van der Waals surface area contributed by atoms with Gasteiger partial charge in [0.15, 0.2) is 11.7 Å². The summed E-state index contributed by atoms with van der Waals surface area (Å²) < 4.78 is 5.14. The van der Waals surface area contributed by atoms with E-state index in [0.717, 1.165) is 31.0 Å². The Morgan fingerprint density at radius 2 is 1.95 bits per heavy atom. The highest BCUT2D eigenvalue weighted by Gasteiger charge is 2.11. The van der Waals surface area contributed by atoms with Crippen LogP contribution in [0.2, 0.25) is 0 Å². The van der Waals surface area contributed by atoms with Gasteiger partial charge in [0.05, 0.1) is 6.26 Å². The minimum Gasteiger partial charge on any atom is -0.459 e. The second-order valence-electron chi connectivity index (χ2n) is 5.32. The van der Waals surface area contributed by atoms with Gasteiger partial charge in [-0.05, 0) is 25.3 Å². The first-order chi connectivity index (χ1) is 10.0. The van der Waals surface area contributed by atoms with E-state index in [1.54, 1.807) is 13.1 Å². The van der Waals surface area contributed by atoms with Crippen LogP contribution in [0.4, 0.5) is 0 Å². The van der Waals surface area contributed by atoms with E-state index in [9.17, 15) is 4.79 Å². The lowest BCUT2D eigenvalue weighted by Crippen LogP contribution is -2.40. The number of rotatable bonds is 7. The minimum atomic E-state index is -0.167. The third kappa shape index (κ3) is 7.67. The smallest absolute Gasteiger partial charge is 0.287 e. The number of aryl methyl sites for hydroxylation is 1. The summed E-state index contributed by atoms with van der Waals surface area (Å²) in [6.07, 6.45) is 2.34. The molecule has 0 saturated carbocycles. The Bertz CT molecular complexity index is 472. The molecule has 0 bridgehead atoms. The topological polar surface area (TPSA) is 78.7 Å². The van der Waals surface area contributed by atoms with Gasteiger partial charge in [0, 0.05) is 32.2 Å². The number of aliphatic imine (C=N–C) groups is 1. The van der Waals surface area contributed by atoms with E-state index >= 15 is 0 Å². The van der Waals surface area contributed by atoms with Crippen LogP contribution < -0.4 is 16.0 Å². The van der Waals surface area contributed by atoms with Crippen LogP contribution in [0.5, 0.6) is 0 Å². The fraction of sp³-hybridized carbons (Fsp3) is 0.600. The molecule has 126 valence electrons. The molecule has 1 heterocycles. The lowest BCUT2D eigenvalue weighted by Gasteiger charge is -2.13. The Labute approximate surface area is 149 Å². The second-order valence-corrected chi connectivity index (χ2v) is 5.32. The molecule has 3 N–H and O–H groups in total. The van der Waals surface area contributed by atoms with Gasteiger partial charge in [-0.3, -0.25) is 9.79 Å². The lowest BCUT2D eigenvalue weighted by atomic mass is 10.2. The summed E-state index contributed by atoms with van der Waals surface area (Å²) in [4.78, 5) is 15.9. The number of furan rings is 1. The molecule has 1 aromatic rings. The van der Waals surface area contributed by atoms with Crippen molar-refractivity contribution in [3.8, 4) is 0 Å². The van der Waals surface area contributed by atoms with Crippen LogP contribution in [-0.2, 0) is 0 Å². The standard InChI is InChI=1S/C15H26N4O2.HI/c1-11(2)10-19-15(16-4)18-8-5-7-17-14(20)13-12(3)6-9-21-13;/h6,9,11H,5,7-8,10H2,1-4H3,(H,17,20)(H2,16,18,19);1H. The van der Waals surface area contributed by atoms with Crippen molar-refractivity contribution >= 4 is 35.8 Å². The van der Waals surface area contributed by atoms with E-state index in [1.807, 2.05) is 6.92 Å². The molecule has 0 unspecified atom stereocenters. The molecule has 0 aliphatic carbocycles. The number of carbonyl (C=O) groups excluding carboxylic acids is 1. The predicted octanol–water partition coefficient (Wildman–Crippen LogP) is 2.15. The number of hydrogen-bond acceptors (Lipinski definition) is 3. The maximum Gasteiger partial charge on any atom is 0.287 e. The number of guanidine groups is 1. The highest BCUT2D eigenvalue weighted by atomic mass is 127. The van der Waals surface area contributed by atoms with Crippen LogP contribution in [0.1, 0.15) is 36.4 Å². The van der Waals surface area contributed by atoms with Gasteiger partial charge in [0.1, 0.15) is 0 Å². The third-order valence-electron chi connectivity index (χ3n) is 2.90. The van der Waals surface area contributed by atoms with Gasteiger partial charge in [0.2, 0.25) is 0 Å². The van der Waals surface area contributed by atoms with Crippen LogP contribution in [0.3, 0.4) is 0 Å². The summed E-state index contributed by atoms with van der Waals surface area (Å²) in [5.41, 5.74) is 0.851. The minimum absolute atomic E-state index is 0. The summed E-state index contributed by atoms with van der Waals surface area (Å²) in [5.74, 6) is 1.58. The van der Waals surface area contributed by atoms with Crippen molar-refractivity contribution in [1.29, 1.82) is 0 Å². The molecule has 0 saturated heterocycles. The SMILES string of the molecule is CN=C(NCCCNC(=O)c1occc1C)NCC(C)C.I. The monoisotopic (exact) mass is 422 g/mol. The molecule has 0 radical (unpaired) electrons. The van der Waals surface area contributed by atoms with Gasteiger partial charge in [-0.15, -0.1) is 24.0 Å². The fourth-order valence-electron chi connectivity index (χ4n) is 1.70. The van der Waals surface area contributed by atoms with Crippen molar-refractivity contribution in [2.45, 2.75) is 27.2 Å². The average molecular weight is 422 g/mol. The van der Waals surface area contributed by atoms with Crippen molar-refractivity contribution in [2.24, 2.45) is 10.9 Å². The first-order valence-corrected chi connectivity index (χ1v) is 7.31. The van der Waals surface area contributed by atoms with Crippen molar-refractivity contribution < 1.29 is 9.21 Å². The second kappa shape index (κ2) is 11.3. The molecule has 0 fully saturated rings. The number of hydrogen-bond donors (Lipinski definition) is 3. The van der Waals surface area contributed by atoms with E-state index in [2.05, 4.69) is 34.8 Å². The maximum atomic E-state index is 11.8. The van der Waals surface area contributed by atoms with Crippen LogP contribution >= 0.6 is 24.0 Å². The lowest BCUT2D eigenvalue weighted by molar-refractivity contribution is 0.0925. The zero-order valence-electron chi connectivity index (χ0n) is 13.7. The third-order valence-corrected chi connectivity index (χ3v) is 2.90. The van der Waals surface area contributed by atoms with E-state index in [0.29, 0.717) is 18.2 Å². The number of amides is 1. The summed E-state index contributed by atoms with van der Waals surface area (Å²) in [6, 6.07) is 1.78. The Kier molecular flexibility index (Phi) is 10.7. The Balaban J connectivity index is 0.00000441. The molecule has 0 spiro atoms. The number of nitrogens with zero attached hydrogens (tertiary/aromatic N) is 1. The summed E-state index contributed by atoms with van der Waals surface area (Å²) in [5, 5.41) is 9.28. The molecule has 22 heavy (non-hydrogen) atoms. The van der Waals surface area contributed by atoms with Crippen LogP contribution in [0.25, 0.3) is 0 Å². The Morgan fingerprint density at radius 3 is 2.50 bits per heavy atom. The zero-order chi connectivity index (χ0) is 15.7. The maximum absolute atomic E-state index is 11.8. The van der Waals surface area contributed by atoms with Gasteiger partial charge in [-0.25, -0.2) is 0 Å².